The van der Waals surface area contributed by atoms with E-state index in [0.29, 0.717) is 0 Å². The quantitative estimate of drug-likeness (QED) is 0.313. The first-order valence-corrected chi connectivity index (χ1v) is 5.41. The molecule has 1 aromatic rings. The maximum absolute atomic E-state index is 13.8. The van der Waals surface area contributed by atoms with Crippen LogP contribution in [0.2, 0.25) is 0 Å². The molecule has 0 spiro atoms. The number of halogens is 3. The second-order valence-corrected chi connectivity index (χ2v) is 3.71. The second-order valence-electron chi connectivity index (χ2n) is 3.71. The summed E-state index contributed by atoms with van der Waals surface area (Å²) in [6.07, 6.45) is -2.66. The van der Waals surface area contributed by atoms with E-state index in [-0.39, 0.29) is 30.2 Å². The van der Waals surface area contributed by atoms with Crippen LogP contribution in [0.5, 0.6) is 0 Å². The smallest absolute Gasteiger partial charge is 0.255 e. The normalized spacial score (nSPS) is 11.9. The number of nitrogens with zero attached hydrogens (tertiary/aromatic N) is 2. The zero-order valence-electron chi connectivity index (χ0n) is 9.93. The molecule has 0 aliphatic heterocycles. The number of amidine groups is 1. The van der Waals surface area contributed by atoms with Crippen LogP contribution in [0.15, 0.2) is 23.4 Å². The molecule has 0 amide bonds. The van der Waals surface area contributed by atoms with Gasteiger partial charge in [-0.25, -0.2) is 13.2 Å². The lowest BCUT2D eigenvalue weighted by Crippen LogP contribution is -2.32. The number of anilines is 1. The van der Waals surface area contributed by atoms with Gasteiger partial charge in [-0.05, 0) is 18.2 Å². The van der Waals surface area contributed by atoms with Crippen LogP contribution in [-0.4, -0.2) is 42.3 Å². The first kappa shape index (κ1) is 15.1. The largest absolute Gasteiger partial charge is 0.409 e. The summed E-state index contributed by atoms with van der Waals surface area (Å²) in [5.74, 6) is -1.08. The van der Waals surface area contributed by atoms with Crippen LogP contribution >= 0.6 is 0 Å². The van der Waals surface area contributed by atoms with E-state index in [4.69, 9.17) is 16.0 Å². The molecule has 4 N–H and O–H groups in total. The molecule has 0 aromatic heterocycles. The summed E-state index contributed by atoms with van der Waals surface area (Å²) in [6.45, 7) is -1.20. The molecule has 0 aliphatic rings. The van der Waals surface area contributed by atoms with Crippen LogP contribution < -0.4 is 10.6 Å². The summed E-state index contributed by atoms with van der Waals surface area (Å²) < 4.78 is 38.5. The zero-order valence-corrected chi connectivity index (χ0v) is 9.93. The fourth-order valence-electron chi connectivity index (χ4n) is 1.58. The average Bonchev–Trinajstić information content (AvgIpc) is 2.36. The van der Waals surface area contributed by atoms with Gasteiger partial charge in [-0.3, -0.25) is 0 Å². The first-order chi connectivity index (χ1) is 8.99. The Kier molecular flexibility index (Phi) is 5.43. The van der Waals surface area contributed by atoms with E-state index in [0.717, 1.165) is 11.0 Å². The SMILES string of the molecule is N/C(=N/O)c1ccc(N(CCO)CC(F)F)c(F)c1. The number of aliphatic hydroxyl groups excluding tert-OH is 1. The molecule has 0 heterocycles. The van der Waals surface area contributed by atoms with Crippen molar-refractivity contribution in [2.24, 2.45) is 10.9 Å². The molecular weight excluding hydrogens is 263 g/mol. The number of alkyl halides is 2. The van der Waals surface area contributed by atoms with Gasteiger partial charge < -0.3 is 20.9 Å². The Morgan fingerprint density at radius 2 is 2.11 bits per heavy atom. The van der Waals surface area contributed by atoms with Crippen molar-refractivity contribution in [2.45, 2.75) is 6.43 Å². The van der Waals surface area contributed by atoms with Gasteiger partial charge in [0.1, 0.15) is 5.82 Å². The van der Waals surface area contributed by atoms with Crippen LogP contribution in [-0.2, 0) is 0 Å². The molecule has 0 fully saturated rings. The van der Waals surface area contributed by atoms with E-state index in [9.17, 15) is 13.2 Å². The highest BCUT2D eigenvalue weighted by atomic mass is 19.3. The van der Waals surface area contributed by atoms with Crippen LogP contribution in [0.3, 0.4) is 0 Å². The molecule has 106 valence electrons. The van der Waals surface area contributed by atoms with Crippen LogP contribution in [0.4, 0.5) is 18.9 Å². The standard InChI is InChI=1S/C11H14F3N3O2/c12-8-5-7(11(15)16-19)1-2-9(8)17(3-4-18)6-10(13)14/h1-2,5,10,18-19H,3-4,6H2,(H2,15,16). The highest BCUT2D eigenvalue weighted by Gasteiger charge is 2.16. The summed E-state index contributed by atoms with van der Waals surface area (Å²) in [4.78, 5) is 1.02. The van der Waals surface area contributed by atoms with Crippen LogP contribution in [0.1, 0.15) is 5.56 Å². The van der Waals surface area contributed by atoms with Gasteiger partial charge in [0.05, 0.1) is 18.8 Å². The third kappa shape index (κ3) is 4.02. The fraction of sp³-hybridized carbons (Fsp3) is 0.364. The molecule has 0 aliphatic carbocycles. The third-order valence-corrected chi connectivity index (χ3v) is 2.42. The molecule has 8 heteroatoms. The fourth-order valence-corrected chi connectivity index (χ4v) is 1.58. The van der Waals surface area contributed by atoms with Gasteiger partial charge in [-0.1, -0.05) is 5.16 Å². The Labute approximate surface area is 107 Å². The van der Waals surface area contributed by atoms with Crippen molar-refractivity contribution in [3.8, 4) is 0 Å². The van der Waals surface area contributed by atoms with Crippen molar-refractivity contribution < 1.29 is 23.5 Å². The van der Waals surface area contributed by atoms with E-state index in [2.05, 4.69) is 5.16 Å². The van der Waals surface area contributed by atoms with Gasteiger partial charge >= 0.3 is 0 Å². The summed E-state index contributed by atoms with van der Waals surface area (Å²) in [5, 5.41) is 20.0. The van der Waals surface area contributed by atoms with Crippen molar-refractivity contribution in [2.75, 3.05) is 24.6 Å². The summed E-state index contributed by atoms with van der Waals surface area (Å²) in [5.41, 5.74) is 5.34. The minimum absolute atomic E-state index is 0.0798. The van der Waals surface area contributed by atoms with Gasteiger partial charge in [-0.15, -0.1) is 0 Å². The molecule has 5 nitrogen and oxygen atoms in total. The molecule has 0 atom stereocenters. The van der Waals surface area contributed by atoms with E-state index < -0.39 is 18.8 Å². The van der Waals surface area contributed by atoms with E-state index in [1.165, 1.54) is 12.1 Å². The maximum atomic E-state index is 13.8. The monoisotopic (exact) mass is 277 g/mol. The highest BCUT2D eigenvalue weighted by molar-refractivity contribution is 5.97. The third-order valence-electron chi connectivity index (χ3n) is 2.42. The number of hydrogen-bond donors (Lipinski definition) is 3. The summed E-state index contributed by atoms with van der Waals surface area (Å²) in [6, 6.07) is 3.55. The predicted octanol–water partition coefficient (Wildman–Crippen LogP) is 0.984. The van der Waals surface area contributed by atoms with Gasteiger partial charge in [-0.2, -0.15) is 0 Å². The number of rotatable bonds is 6. The zero-order chi connectivity index (χ0) is 14.4. The van der Waals surface area contributed by atoms with E-state index >= 15 is 0 Å². The molecule has 0 saturated heterocycles. The Morgan fingerprint density at radius 3 is 2.58 bits per heavy atom. The Bertz CT molecular complexity index is 455. The van der Waals surface area contributed by atoms with Crippen molar-refractivity contribution in [1.29, 1.82) is 0 Å². The van der Waals surface area contributed by atoms with Gasteiger partial charge in [0.2, 0.25) is 0 Å². The Balaban J connectivity index is 3.04. The molecule has 19 heavy (non-hydrogen) atoms. The number of hydrogen-bond acceptors (Lipinski definition) is 4. The predicted molar refractivity (Wildman–Crippen MR) is 64.2 cm³/mol. The van der Waals surface area contributed by atoms with Crippen LogP contribution in [0.25, 0.3) is 0 Å². The van der Waals surface area contributed by atoms with E-state index in [1.54, 1.807) is 0 Å². The van der Waals surface area contributed by atoms with Crippen molar-refractivity contribution >= 4 is 11.5 Å². The summed E-state index contributed by atoms with van der Waals surface area (Å²) in [7, 11) is 0. The number of nitrogens with two attached hydrogens (primary N) is 1. The van der Waals surface area contributed by atoms with Crippen molar-refractivity contribution in [1.82, 2.24) is 0 Å². The number of aliphatic hydroxyl groups is 1. The van der Waals surface area contributed by atoms with Gasteiger partial charge in [0, 0.05) is 12.1 Å². The molecule has 1 rings (SSSR count). The molecule has 0 bridgehead atoms. The molecular formula is C11H14F3N3O2. The lowest BCUT2D eigenvalue weighted by atomic mass is 10.1. The minimum atomic E-state index is -2.66. The molecule has 0 saturated carbocycles. The Morgan fingerprint density at radius 1 is 1.42 bits per heavy atom. The van der Waals surface area contributed by atoms with Gasteiger partial charge in [0.15, 0.2) is 5.84 Å². The van der Waals surface area contributed by atoms with Crippen molar-refractivity contribution in [3.05, 3.63) is 29.6 Å². The lowest BCUT2D eigenvalue weighted by molar-refractivity contribution is 0.152. The van der Waals surface area contributed by atoms with Gasteiger partial charge in [0.25, 0.3) is 6.43 Å². The van der Waals surface area contributed by atoms with Crippen molar-refractivity contribution in [3.63, 3.8) is 0 Å². The number of oxime groups is 1. The topological polar surface area (TPSA) is 82.1 Å². The maximum Gasteiger partial charge on any atom is 0.255 e. The molecule has 0 radical (unpaired) electrons. The highest BCUT2D eigenvalue weighted by Crippen LogP contribution is 2.21. The lowest BCUT2D eigenvalue weighted by Gasteiger charge is -2.24. The van der Waals surface area contributed by atoms with E-state index in [1.807, 2.05) is 0 Å². The summed E-state index contributed by atoms with van der Waals surface area (Å²) >= 11 is 0. The molecule has 1 aromatic carbocycles. The van der Waals surface area contributed by atoms with Crippen LogP contribution in [0, 0.1) is 5.82 Å². The number of benzene rings is 1. The minimum Gasteiger partial charge on any atom is -0.409 e. The Hall–Kier alpha value is -1.96. The average molecular weight is 277 g/mol. The first-order valence-electron chi connectivity index (χ1n) is 5.41. The second kappa shape index (κ2) is 6.83. The molecule has 0 unspecified atom stereocenters.